The normalized spacial score (nSPS) is 10.2. The minimum Gasteiger partial charge on any atom is -0.469 e. The molecule has 1 rings (SSSR count). The molecule has 0 aliphatic carbocycles. The van der Waals surface area contributed by atoms with Crippen LogP contribution >= 0.6 is 11.8 Å². The molecule has 0 saturated carbocycles. The molecule has 1 aromatic heterocycles. The van der Waals surface area contributed by atoms with Gasteiger partial charge in [-0.05, 0) is 24.3 Å². The number of ether oxygens (including phenoxy) is 2. The third kappa shape index (κ3) is 7.56. The van der Waals surface area contributed by atoms with Crippen molar-refractivity contribution in [2.45, 2.75) is 25.9 Å². The fourth-order valence-electron chi connectivity index (χ4n) is 1.30. The number of furan rings is 1. The fourth-order valence-corrected chi connectivity index (χ4v) is 2.16. The van der Waals surface area contributed by atoms with E-state index in [0.717, 1.165) is 12.2 Å². The Morgan fingerprint density at radius 2 is 2.11 bits per heavy atom. The molecule has 1 heterocycles. The van der Waals surface area contributed by atoms with Crippen LogP contribution in [0, 0.1) is 0 Å². The standard InChI is InChI=1S/C13H18O5S/c1-16-12(14)5-3-8-19-9-6-13(15)18-10-11-4-2-7-17-11/h2,4,7H,3,5-6,8-10H2,1H3. The van der Waals surface area contributed by atoms with Gasteiger partial charge in [-0.3, -0.25) is 9.59 Å². The highest BCUT2D eigenvalue weighted by molar-refractivity contribution is 7.99. The lowest BCUT2D eigenvalue weighted by molar-refractivity contribution is -0.145. The molecule has 0 amide bonds. The van der Waals surface area contributed by atoms with E-state index in [2.05, 4.69) is 4.74 Å². The van der Waals surface area contributed by atoms with Gasteiger partial charge in [0, 0.05) is 12.2 Å². The van der Waals surface area contributed by atoms with Gasteiger partial charge in [-0.25, -0.2) is 0 Å². The lowest BCUT2D eigenvalue weighted by Crippen LogP contribution is -2.05. The van der Waals surface area contributed by atoms with Crippen LogP contribution in [0.15, 0.2) is 22.8 Å². The average Bonchev–Trinajstić information content (AvgIpc) is 2.93. The summed E-state index contributed by atoms with van der Waals surface area (Å²) in [6.07, 6.45) is 3.09. The summed E-state index contributed by atoms with van der Waals surface area (Å²) >= 11 is 1.63. The van der Waals surface area contributed by atoms with Crippen molar-refractivity contribution in [3.8, 4) is 0 Å². The number of hydrogen-bond donors (Lipinski definition) is 0. The number of rotatable bonds is 9. The summed E-state index contributed by atoms with van der Waals surface area (Å²) < 4.78 is 14.6. The van der Waals surface area contributed by atoms with Gasteiger partial charge in [0.1, 0.15) is 12.4 Å². The monoisotopic (exact) mass is 286 g/mol. The average molecular weight is 286 g/mol. The molecule has 6 heteroatoms. The van der Waals surface area contributed by atoms with Crippen LogP contribution < -0.4 is 0 Å². The van der Waals surface area contributed by atoms with Crippen LogP contribution in [0.1, 0.15) is 25.0 Å². The highest BCUT2D eigenvalue weighted by Gasteiger charge is 2.05. The van der Waals surface area contributed by atoms with E-state index in [1.807, 2.05) is 0 Å². The first-order valence-electron chi connectivity index (χ1n) is 6.05. The molecule has 0 radical (unpaired) electrons. The summed E-state index contributed by atoms with van der Waals surface area (Å²) in [5.41, 5.74) is 0. The quantitative estimate of drug-likeness (QED) is 0.513. The molecule has 0 aromatic carbocycles. The highest BCUT2D eigenvalue weighted by atomic mass is 32.2. The first kappa shape index (κ1) is 15.6. The molecule has 106 valence electrons. The molecule has 0 atom stereocenters. The smallest absolute Gasteiger partial charge is 0.307 e. The van der Waals surface area contributed by atoms with E-state index >= 15 is 0 Å². The van der Waals surface area contributed by atoms with Crippen LogP contribution in [0.2, 0.25) is 0 Å². The number of carbonyl (C=O) groups is 2. The highest BCUT2D eigenvalue weighted by Crippen LogP contribution is 2.08. The largest absolute Gasteiger partial charge is 0.469 e. The van der Waals surface area contributed by atoms with E-state index in [-0.39, 0.29) is 18.5 Å². The SMILES string of the molecule is COC(=O)CCCSCCC(=O)OCc1ccco1. The first-order valence-corrected chi connectivity index (χ1v) is 7.20. The van der Waals surface area contributed by atoms with Crippen LogP contribution in [0.25, 0.3) is 0 Å². The Hall–Kier alpha value is -1.43. The van der Waals surface area contributed by atoms with Gasteiger partial charge < -0.3 is 13.9 Å². The Bertz CT molecular complexity index is 374. The number of thioether (sulfide) groups is 1. The molecule has 0 fully saturated rings. The number of methoxy groups -OCH3 is 1. The van der Waals surface area contributed by atoms with Crippen molar-refractivity contribution in [2.75, 3.05) is 18.6 Å². The molecular weight excluding hydrogens is 268 g/mol. The van der Waals surface area contributed by atoms with Crippen molar-refractivity contribution in [3.05, 3.63) is 24.2 Å². The Morgan fingerprint density at radius 1 is 1.26 bits per heavy atom. The minimum atomic E-state index is -0.239. The second-order valence-corrected chi connectivity index (χ2v) is 5.01. The maximum atomic E-state index is 11.4. The van der Waals surface area contributed by atoms with Gasteiger partial charge in [-0.15, -0.1) is 0 Å². The van der Waals surface area contributed by atoms with Gasteiger partial charge in [-0.2, -0.15) is 11.8 Å². The second-order valence-electron chi connectivity index (χ2n) is 3.78. The fraction of sp³-hybridized carbons (Fsp3) is 0.538. The minimum absolute atomic E-state index is 0.179. The third-order valence-corrected chi connectivity index (χ3v) is 3.37. The first-order chi connectivity index (χ1) is 9.22. The van der Waals surface area contributed by atoms with Gasteiger partial charge in [0.25, 0.3) is 0 Å². The van der Waals surface area contributed by atoms with E-state index < -0.39 is 0 Å². The van der Waals surface area contributed by atoms with Gasteiger partial charge in [0.05, 0.1) is 19.8 Å². The van der Waals surface area contributed by atoms with Gasteiger partial charge in [-0.1, -0.05) is 0 Å². The van der Waals surface area contributed by atoms with Crippen LogP contribution in [0.4, 0.5) is 0 Å². The lowest BCUT2D eigenvalue weighted by atomic mass is 10.3. The van der Waals surface area contributed by atoms with Crippen molar-refractivity contribution in [1.82, 2.24) is 0 Å². The molecule has 0 aliphatic heterocycles. The van der Waals surface area contributed by atoms with Crippen molar-refractivity contribution in [3.63, 3.8) is 0 Å². The molecule has 1 aromatic rings. The van der Waals surface area contributed by atoms with Crippen molar-refractivity contribution >= 4 is 23.7 Å². The summed E-state index contributed by atoms with van der Waals surface area (Å²) in [6.45, 7) is 0.179. The van der Waals surface area contributed by atoms with Crippen molar-refractivity contribution in [1.29, 1.82) is 0 Å². The van der Waals surface area contributed by atoms with E-state index in [4.69, 9.17) is 9.15 Å². The summed E-state index contributed by atoms with van der Waals surface area (Å²) in [7, 11) is 1.38. The van der Waals surface area contributed by atoms with E-state index in [0.29, 0.717) is 24.4 Å². The predicted octanol–water partition coefficient (Wildman–Crippen LogP) is 2.40. The Kier molecular flexibility index (Phi) is 7.81. The Labute approximate surface area is 116 Å². The zero-order valence-corrected chi connectivity index (χ0v) is 11.7. The Morgan fingerprint density at radius 3 is 2.79 bits per heavy atom. The predicted molar refractivity (Wildman–Crippen MR) is 71.7 cm³/mol. The van der Waals surface area contributed by atoms with E-state index in [9.17, 15) is 9.59 Å². The third-order valence-electron chi connectivity index (χ3n) is 2.30. The molecular formula is C13H18O5S. The topological polar surface area (TPSA) is 65.7 Å². The van der Waals surface area contributed by atoms with Crippen LogP contribution in [0.5, 0.6) is 0 Å². The van der Waals surface area contributed by atoms with Crippen LogP contribution in [-0.4, -0.2) is 30.6 Å². The summed E-state index contributed by atoms with van der Waals surface area (Å²) in [5, 5.41) is 0. The Balaban J connectivity index is 1.94. The molecule has 0 spiro atoms. The summed E-state index contributed by atoms with van der Waals surface area (Å²) in [5.74, 6) is 1.73. The van der Waals surface area contributed by atoms with Gasteiger partial charge in [0.15, 0.2) is 0 Å². The van der Waals surface area contributed by atoms with Crippen molar-refractivity contribution in [2.24, 2.45) is 0 Å². The molecule has 0 aliphatic rings. The number of esters is 2. The molecule has 5 nitrogen and oxygen atoms in total. The number of carbonyl (C=O) groups excluding carboxylic acids is 2. The van der Waals surface area contributed by atoms with E-state index in [1.54, 1.807) is 30.2 Å². The van der Waals surface area contributed by atoms with Crippen LogP contribution in [0.3, 0.4) is 0 Å². The van der Waals surface area contributed by atoms with Gasteiger partial charge in [0.2, 0.25) is 0 Å². The van der Waals surface area contributed by atoms with E-state index in [1.165, 1.54) is 7.11 Å². The maximum Gasteiger partial charge on any atom is 0.307 e. The molecule has 0 N–H and O–H groups in total. The summed E-state index contributed by atoms with van der Waals surface area (Å²) in [6, 6.07) is 3.51. The van der Waals surface area contributed by atoms with Crippen LogP contribution in [-0.2, 0) is 25.7 Å². The zero-order chi connectivity index (χ0) is 13.9. The number of hydrogen-bond acceptors (Lipinski definition) is 6. The van der Waals surface area contributed by atoms with Gasteiger partial charge >= 0.3 is 11.9 Å². The molecule has 19 heavy (non-hydrogen) atoms. The second kappa shape index (κ2) is 9.49. The lowest BCUT2D eigenvalue weighted by Gasteiger charge is -2.03. The molecule has 0 unspecified atom stereocenters. The van der Waals surface area contributed by atoms with Crippen molar-refractivity contribution < 1.29 is 23.5 Å². The zero-order valence-electron chi connectivity index (χ0n) is 10.9. The maximum absolute atomic E-state index is 11.4. The molecule has 0 saturated heterocycles. The molecule has 0 bridgehead atoms. The summed E-state index contributed by atoms with van der Waals surface area (Å²) in [4.78, 5) is 22.2.